The molecule has 0 fully saturated rings. The number of benzene rings is 2. The van der Waals surface area contributed by atoms with E-state index >= 15 is 0 Å². The first kappa shape index (κ1) is 25.0. The van der Waals surface area contributed by atoms with E-state index in [4.69, 9.17) is 4.74 Å². The Balaban J connectivity index is 1.73. The maximum Gasteiger partial charge on any atom is 0.251 e. The quantitative estimate of drug-likeness (QED) is 0.505. The first-order valence-electron chi connectivity index (χ1n) is 11.6. The van der Waals surface area contributed by atoms with Crippen LogP contribution in [0, 0.1) is 6.92 Å². The molecule has 0 bridgehead atoms. The molecule has 0 saturated heterocycles. The van der Waals surface area contributed by atoms with Gasteiger partial charge in [-0.05, 0) is 76.3 Å². The molecule has 1 amide bonds. The molecule has 3 rings (SSSR count). The van der Waals surface area contributed by atoms with Gasteiger partial charge in [-0.3, -0.25) is 4.79 Å². The summed E-state index contributed by atoms with van der Waals surface area (Å²) in [6, 6.07) is 12.0. The number of nitrogens with one attached hydrogen (secondary N) is 1. The van der Waals surface area contributed by atoms with Crippen molar-refractivity contribution in [1.29, 1.82) is 0 Å². The number of carbonyl (C=O) groups is 1. The third-order valence-electron chi connectivity index (χ3n) is 5.86. The highest BCUT2D eigenvalue weighted by molar-refractivity contribution is 7.89. The van der Waals surface area contributed by atoms with E-state index in [0.29, 0.717) is 30.0 Å². The van der Waals surface area contributed by atoms with Crippen LogP contribution in [0.4, 0.5) is 0 Å². The summed E-state index contributed by atoms with van der Waals surface area (Å²) in [6.07, 6.45) is 7.87. The van der Waals surface area contributed by atoms with Gasteiger partial charge in [-0.15, -0.1) is 0 Å². The summed E-state index contributed by atoms with van der Waals surface area (Å²) in [6.45, 7) is 4.92. The molecule has 1 aliphatic rings. The van der Waals surface area contributed by atoms with Gasteiger partial charge in [0, 0.05) is 31.3 Å². The zero-order valence-electron chi connectivity index (χ0n) is 19.8. The van der Waals surface area contributed by atoms with Crippen LogP contribution in [0.15, 0.2) is 59.0 Å². The van der Waals surface area contributed by atoms with E-state index in [0.717, 1.165) is 24.8 Å². The fourth-order valence-corrected chi connectivity index (χ4v) is 5.07. The lowest BCUT2D eigenvalue weighted by molar-refractivity contribution is 0.0954. The largest absolute Gasteiger partial charge is 0.494 e. The number of hydrogen-bond donors (Lipinski definition) is 1. The molecule has 1 aliphatic carbocycles. The van der Waals surface area contributed by atoms with E-state index in [2.05, 4.69) is 11.4 Å². The van der Waals surface area contributed by atoms with Gasteiger partial charge < -0.3 is 10.1 Å². The van der Waals surface area contributed by atoms with Gasteiger partial charge in [0.15, 0.2) is 0 Å². The van der Waals surface area contributed by atoms with Crippen molar-refractivity contribution in [2.75, 3.05) is 20.2 Å². The molecular formula is C26H34N2O4S. The Morgan fingerprint density at radius 1 is 1.12 bits per heavy atom. The summed E-state index contributed by atoms with van der Waals surface area (Å²) in [4.78, 5) is 13.0. The second-order valence-corrected chi connectivity index (χ2v) is 10.5. The number of amides is 1. The maximum atomic E-state index is 13.0. The fraction of sp³-hybridized carbons (Fsp3) is 0.423. The number of sulfonamides is 1. The minimum atomic E-state index is -3.67. The van der Waals surface area contributed by atoms with Crippen LogP contribution in [-0.2, 0) is 16.6 Å². The molecule has 2 aromatic carbocycles. The molecule has 0 aliphatic heterocycles. The Labute approximate surface area is 197 Å². The van der Waals surface area contributed by atoms with E-state index in [1.54, 1.807) is 42.5 Å². The van der Waals surface area contributed by atoms with Gasteiger partial charge >= 0.3 is 0 Å². The molecule has 7 heteroatoms. The molecule has 0 saturated carbocycles. The maximum absolute atomic E-state index is 13.0. The Morgan fingerprint density at radius 3 is 2.55 bits per heavy atom. The van der Waals surface area contributed by atoms with Crippen LogP contribution >= 0.6 is 0 Å². The zero-order chi connectivity index (χ0) is 23.8. The summed E-state index contributed by atoms with van der Waals surface area (Å²) in [5.41, 5.74) is 3.55. The van der Waals surface area contributed by atoms with Crippen molar-refractivity contribution >= 4 is 15.9 Å². The second kappa shape index (κ2) is 11.5. The predicted molar refractivity (Wildman–Crippen MR) is 131 cm³/mol. The minimum Gasteiger partial charge on any atom is -0.494 e. The van der Waals surface area contributed by atoms with Gasteiger partial charge in [0.05, 0.1) is 11.5 Å². The van der Waals surface area contributed by atoms with Crippen molar-refractivity contribution in [3.8, 4) is 5.75 Å². The first-order chi connectivity index (χ1) is 15.8. The summed E-state index contributed by atoms with van der Waals surface area (Å²) >= 11 is 0. The van der Waals surface area contributed by atoms with E-state index in [1.807, 2.05) is 13.8 Å². The van der Waals surface area contributed by atoms with Crippen LogP contribution in [0.3, 0.4) is 0 Å². The van der Waals surface area contributed by atoms with E-state index in [9.17, 15) is 13.2 Å². The Hall–Kier alpha value is -2.64. The number of carbonyl (C=O) groups excluding carboxylic acids is 1. The molecule has 33 heavy (non-hydrogen) atoms. The van der Waals surface area contributed by atoms with Crippen molar-refractivity contribution in [2.24, 2.45) is 0 Å². The van der Waals surface area contributed by atoms with E-state index in [-0.39, 0.29) is 17.3 Å². The van der Waals surface area contributed by atoms with Gasteiger partial charge in [-0.1, -0.05) is 29.3 Å². The Kier molecular flexibility index (Phi) is 8.69. The van der Waals surface area contributed by atoms with E-state index in [1.165, 1.54) is 29.8 Å². The highest BCUT2D eigenvalue weighted by atomic mass is 32.2. The minimum absolute atomic E-state index is 0.0968. The molecule has 2 aromatic rings. The van der Waals surface area contributed by atoms with Gasteiger partial charge in [0.25, 0.3) is 5.91 Å². The normalized spacial score (nSPS) is 14.1. The van der Waals surface area contributed by atoms with Gasteiger partial charge in [0.2, 0.25) is 10.0 Å². The third-order valence-corrected chi connectivity index (χ3v) is 7.68. The van der Waals surface area contributed by atoms with Crippen molar-refractivity contribution in [3.05, 3.63) is 70.8 Å². The Morgan fingerprint density at radius 2 is 1.88 bits per heavy atom. The third kappa shape index (κ3) is 6.68. The van der Waals surface area contributed by atoms with Crippen molar-refractivity contribution in [2.45, 2.75) is 57.4 Å². The SMILES string of the molecule is CCOc1ccc(C(=O)NCCC2=CCCCC2)cc1CN(C)S(=O)(=O)c1ccc(C)cc1. The molecule has 1 N–H and O–H groups in total. The van der Waals surface area contributed by atoms with Crippen LogP contribution in [0.2, 0.25) is 0 Å². The van der Waals surface area contributed by atoms with Crippen LogP contribution in [0.25, 0.3) is 0 Å². The zero-order valence-corrected chi connectivity index (χ0v) is 20.6. The highest BCUT2D eigenvalue weighted by Crippen LogP contribution is 2.25. The molecule has 0 heterocycles. The topological polar surface area (TPSA) is 75.7 Å². The average Bonchev–Trinajstić information content (AvgIpc) is 2.81. The molecule has 0 atom stereocenters. The van der Waals surface area contributed by atoms with Crippen molar-refractivity contribution in [1.82, 2.24) is 9.62 Å². The standard InChI is InChI=1S/C26H34N2O4S/c1-4-32-25-15-12-22(26(29)27-17-16-21-8-6-5-7-9-21)18-23(25)19-28(3)33(30,31)24-13-10-20(2)11-14-24/h8,10-15,18H,4-7,9,16-17,19H2,1-3H3,(H,27,29). The first-order valence-corrected chi connectivity index (χ1v) is 13.0. The lowest BCUT2D eigenvalue weighted by Gasteiger charge is -2.20. The number of allylic oxidation sites excluding steroid dienone is 1. The second-order valence-electron chi connectivity index (χ2n) is 8.44. The Bertz CT molecular complexity index is 1090. The van der Waals surface area contributed by atoms with Gasteiger partial charge in [-0.25, -0.2) is 8.42 Å². The summed E-state index contributed by atoms with van der Waals surface area (Å²) in [5, 5.41) is 2.99. The van der Waals surface area contributed by atoms with Gasteiger partial charge in [0.1, 0.15) is 5.75 Å². The summed E-state index contributed by atoms with van der Waals surface area (Å²) in [5.74, 6) is 0.409. The molecule has 6 nitrogen and oxygen atoms in total. The predicted octanol–water partition coefficient (Wildman–Crippen LogP) is 4.83. The fourth-order valence-electron chi connectivity index (χ4n) is 3.93. The lowest BCUT2D eigenvalue weighted by Crippen LogP contribution is -2.28. The summed E-state index contributed by atoms with van der Waals surface area (Å²) < 4.78 is 33.0. The van der Waals surface area contributed by atoms with Crippen LogP contribution < -0.4 is 10.1 Å². The van der Waals surface area contributed by atoms with Crippen molar-refractivity contribution < 1.29 is 17.9 Å². The van der Waals surface area contributed by atoms with Crippen LogP contribution in [0.5, 0.6) is 5.75 Å². The summed E-state index contributed by atoms with van der Waals surface area (Å²) in [7, 11) is -2.14. The average molecular weight is 471 g/mol. The van der Waals surface area contributed by atoms with Crippen LogP contribution in [-0.4, -0.2) is 38.8 Å². The van der Waals surface area contributed by atoms with Gasteiger partial charge in [-0.2, -0.15) is 4.31 Å². The molecule has 0 spiro atoms. The molecular weight excluding hydrogens is 436 g/mol. The number of aryl methyl sites for hydroxylation is 1. The smallest absolute Gasteiger partial charge is 0.251 e. The van der Waals surface area contributed by atoms with Crippen LogP contribution in [0.1, 0.15) is 60.5 Å². The number of nitrogens with zero attached hydrogens (tertiary/aromatic N) is 1. The number of rotatable bonds is 10. The molecule has 0 unspecified atom stereocenters. The monoisotopic (exact) mass is 470 g/mol. The van der Waals surface area contributed by atoms with E-state index < -0.39 is 10.0 Å². The highest BCUT2D eigenvalue weighted by Gasteiger charge is 2.22. The molecule has 178 valence electrons. The number of ether oxygens (including phenoxy) is 1. The molecule has 0 radical (unpaired) electrons. The lowest BCUT2D eigenvalue weighted by atomic mass is 9.97. The number of hydrogen-bond acceptors (Lipinski definition) is 4. The molecule has 0 aromatic heterocycles. The van der Waals surface area contributed by atoms with Crippen molar-refractivity contribution in [3.63, 3.8) is 0 Å².